The third kappa shape index (κ3) is 2.00. The number of amides is 1. The van der Waals surface area contributed by atoms with Crippen molar-refractivity contribution >= 4 is 17.4 Å². The van der Waals surface area contributed by atoms with Gasteiger partial charge in [0.05, 0.1) is 5.70 Å². The van der Waals surface area contributed by atoms with Crippen LogP contribution in [0.25, 0.3) is 5.70 Å². The summed E-state index contributed by atoms with van der Waals surface area (Å²) in [5.74, 6) is 0.0231. The lowest BCUT2D eigenvalue weighted by Gasteiger charge is -2.10. The van der Waals surface area contributed by atoms with Gasteiger partial charge in [-0.3, -0.25) is 9.59 Å². The summed E-state index contributed by atoms with van der Waals surface area (Å²) in [6.07, 6.45) is 2.92. The van der Waals surface area contributed by atoms with Crippen molar-refractivity contribution in [2.24, 2.45) is 0 Å². The maximum Gasteiger partial charge on any atom is 0.258 e. The van der Waals surface area contributed by atoms with Crippen LogP contribution in [0.1, 0.15) is 35.7 Å². The summed E-state index contributed by atoms with van der Waals surface area (Å²) in [4.78, 5) is 25.1. The second-order valence-corrected chi connectivity index (χ2v) is 4.16. The van der Waals surface area contributed by atoms with Crippen molar-refractivity contribution in [1.29, 1.82) is 0 Å². The normalized spacial score (nSPS) is 16.5. The first-order chi connectivity index (χ1) is 8.15. The van der Waals surface area contributed by atoms with Gasteiger partial charge < -0.3 is 4.90 Å². The molecule has 0 aliphatic carbocycles. The number of carbonyl (C=O) groups excluding carboxylic acids is 2. The minimum absolute atomic E-state index is 0.0452. The molecule has 0 fully saturated rings. The average molecular weight is 229 g/mol. The van der Waals surface area contributed by atoms with Crippen molar-refractivity contribution in [3.63, 3.8) is 0 Å². The monoisotopic (exact) mass is 229 g/mol. The van der Waals surface area contributed by atoms with E-state index in [2.05, 4.69) is 0 Å². The number of fused-ring (bicyclic) bond motifs is 1. The number of allylic oxidation sites excluding steroid dienone is 1. The lowest BCUT2D eigenvalue weighted by molar-refractivity contribution is -0.114. The summed E-state index contributed by atoms with van der Waals surface area (Å²) in [5, 5.41) is 0. The van der Waals surface area contributed by atoms with E-state index in [1.165, 1.54) is 4.90 Å². The molecule has 0 bridgehead atoms. The van der Waals surface area contributed by atoms with Crippen LogP contribution in [0, 0.1) is 0 Å². The number of nitrogens with zero attached hydrogens (tertiary/aromatic N) is 1. The summed E-state index contributed by atoms with van der Waals surface area (Å²) < 4.78 is 0. The summed E-state index contributed by atoms with van der Waals surface area (Å²) in [6, 6.07) is 7.38. The minimum Gasteiger partial charge on any atom is -0.311 e. The first kappa shape index (κ1) is 11.6. The fraction of sp³-hybridized carbons (Fsp3) is 0.286. The van der Waals surface area contributed by atoms with Crippen LogP contribution >= 0.6 is 0 Å². The van der Waals surface area contributed by atoms with Crippen LogP contribution in [0.2, 0.25) is 0 Å². The Hall–Kier alpha value is -1.90. The van der Waals surface area contributed by atoms with E-state index < -0.39 is 0 Å². The lowest BCUT2D eigenvalue weighted by Crippen LogP contribution is -2.17. The molecular weight excluding hydrogens is 214 g/mol. The van der Waals surface area contributed by atoms with E-state index >= 15 is 0 Å². The molecule has 0 unspecified atom stereocenters. The average Bonchev–Trinajstić information content (AvgIpc) is 2.56. The standard InChI is InChI=1S/C14H15NO2/c1-3-6-10(16)9-13-11-7-4-5-8-12(11)14(17)15(13)2/h4-5,7-9H,3,6H2,1-2H3. The SMILES string of the molecule is CCCC(=O)C=C1c2ccccc2C(=O)N1C. The highest BCUT2D eigenvalue weighted by molar-refractivity contribution is 6.12. The molecule has 1 aliphatic rings. The number of benzene rings is 1. The number of hydrogen-bond acceptors (Lipinski definition) is 2. The van der Waals surface area contributed by atoms with Crippen LogP contribution in [-0.2, 0) is 4.79 Å². The van der Waals surface area contributed by atoms with Gasteiger partial charge in [0, 0.05) is 30.7 Å². The summed E-state index contributed by atoms with van der Waals surface area (Å²) >= 11 is 0. The molecule has 3 heteroatoms. The molecule has 1 heterocycles. The van der Waals surface area contributed by atoms with Gasteiger partial charge in [0.1, 0.15) is 0 Å². The predicted molar refractivity (Wildman–Crippen MR) is 66.4 cm³/mol. The zero-order chi connectivity index (χ0) is 12.4. The molecule has 0 saturated carbocycles. The van der Waals surface area contributed by atoms with Gasteiger partial charge in [-0.15, -0.1) is 0 Å². The number of rotatable bonds is 3. The number of carbonyl (C=O) groups is 2. The Morgan fingerprint density at radius 2 is 1.94 bits per heavy atom. The van der Waals surface area contributed by atoms with Gasteiger partial charge in [-0.05, 0) is 12.5 Å². The van der Waals surface area contributed by atoms with Crippen molar-refractivity contribution in [2.75, 3.05) is 7.05 Å². The highest BCUT2D eigenvalue weighted by Crippen LogP contribution is 2.31. The van der Waals surface area contributed by atoms with Crippen molar-refractivity contribution in [1.82, 2.24) is 4.90 Å². The molecule has 0 aromatic heterocycles. The second kappa shape index (κ2) is 4.53. The molecule has 2 rings (SSSR count). The van der Waals surface area contributed by atoms with E-state index in [0.29, 0.717) is 17.7 Å². The molecule has 1 aromatic carbocycles. The van der Waals surface area contributed by atoms with E-state index in [1.54, 1.807) is 19.2 Å². The second-order valence-electron chi connectivity index (χ2n) is 4.16. The Balaban J connectivity index is 2.43. The quantitative estimate of drug-likeness (QED) is 0.747. The van der Waals surface area contributed by atoms with Crippen LogP contribution in [0.15, 0.2) is 30.3 Å². The van der Waals surface area contributed by atoms with Gasteiger partial charge >= 0.3 is 0 Å². The van der Waals surface area contributed by atoms with Gasteiger partial charge in [-0.25, -0.2) is 0 Å². The third-order valence-corrected chi connectivity index (χ3v) is 2.89. The molecule has 0 N–H and O–H groups in total. The fourth-order valence-corrected chi connectivity index (χ4v) is 2.01. The Morgan fingerprint density at radius 1 is 1.29 bits per heavy atom. The van der Waals surface area contributed by atoms with E-state index in [4.69, 9.17) is 0 Å². The lowest BCUT2D eigenvalue weighted by atomic mass is 10.1. The summed E-state index contributed by atoms with van der Waals surface area (Å²) in [5.41, 5.74) is 2.24. The molecule has 0 spiro atoms. The van der Waals surface area contributed by atoms with Crippen molar-refractivity contribution in [3.8, 4) is 0 Å². The molecule has 1 amide bonds. The zero-order valence-electron chi connectivity index (χ0n) is 10.1. The van der Waals surface area contributed by atoms with Crippen molar-refractivity contribution in [2.45, 2.75) is 19.8 Å². The molecular formula is C14H15NO2. The first-order valence-electron chi connectivity index (χ1n) is 5.77. The van der Waals surface area contributed by atoms with Crippen molar-refractivity contribution in [3.05, 3.63) is 41.5 Å². The van der Waals surface area contributed by atoms with E-state index in [9.17, 15) is 9.59 Å². The molecule has 0 saturated heterocycles. The topological polar surface area (TPSA) is 37.4 Å². The zero-order valence-corrected chi connectivity index (χ0v) is 10.1. The Morgan fingerprint density at radius 3 is 2.59 bits per heavy atom. The van der Waals surface area contributed by atoms with Crippen LogP contribution in [0.5, 0.6) is 0 Å². The highest BCUT2D eigenvalue weighted by atomic mass is 16.2. The van der Waals surface area contributed by atoms with Crippen LogP contribution in [-0.4, -0.2) is 23.6 Å². The molecule has 88 valence electrons. The number of hydrogen-bond donors (Lipinski definition) is 0. The van der Waals surface area contributed by atoms with Gasteiger partial charge in [0.2, 0.25) is 0 Å². The smallest absolute Gasteiger partial charge is 0.258 e. The molecule has 0 atom stereocenters. The van der Waals surface area contributed by atoms with E-state index in [0.717, 1.165) is 12.0 Å². The molecule has 17 heavy (non-hydrogen) atoms. The fourth-order valence-electron chi connectivity index (χ4n) is 2.01. The third-order valence-electron chi connectivity index (χ3n) is 2.89. The summed E-state index contributed by atoms with van der Waals surface area (Å²) in [7, 11) is 1.70. The van der Waals surface area contributed by atoms with Crippen molar-refractivity contribution < 1.29 is 9.59 Å². The molecule has 1 aromatic rings. The first-order valence-corrected chi connectivity index (χ1v) is 5.77. The Labute approximate surface area is 101 Å². The Kier molecular flexibility index (Phi) is 3.09. The number of ketones is 1. The minimum atomic E-state index is -0.0452. The predicted octanol–water partition coefficient (Wildman–Crippen LogP) is 2.48. The summed E-state index contributed by atoms with van der Waals surface area (Å²) in [6.45, 7) is 1.97. The largest absolute Gasteiger partial charge is 0.311 e. The maximum atomic E-state index is 11.9. The Bertz CT molecular complexity index is 503. The van der Waals surface area contributed by atoms with Gasteiger partial charge in [-0.1, -0.05) is 25.1 Å². The van der Waals surface area contributed by atoms with Gasteiger partial charge in [0.15, 0.2) is 5.78 Å². The molecule has 1 aliphatic heterocycles. The van der Waals surface area contributed by atoms with Crippen LogP contribution in [0.3, 0.4) is 0 Å². The van der Waals surface area contributed by atoms with Crippen LogP contribution < -0.4 is 0 Å². The van der Waals surface area contributed by atoms with E-state index in [-0.39, 0.29) is 11.7 Å². The maximum absolute atomic E-state index is 11.9. The molecule has 3 nitrogen and oxygen atoms in total. The van der Waals surface area contributed by atoms with Gasteiger partial charge in [0.25, 0.3) is 5.91 Å². The van der Waals surface area contributed by atoms with E-state index in [1.807, 2.05) is 25.1 Å². The van der Waals surface area contributed by atoms with Crippen LogP contribution in [0.4, 0.5) is 0 Å². The molecule has 0 radical (unpaired) electrons. The highest BCUT2D eigenvalue weighted by Gasteiger charge is 2.29. The van der Waals surface area contributed by atoms with Gasteiger partial charge in [-0.2, -0.15) is 0 Å².